The van der Waals surface area contributed by atoms with E-state index in [4.69, 9.17) is 0 Å². The van der Waals surface area contributed by atoms with Crippen LogP contribution >= 0.6 is 0 Å². The van der Waals surface area contributed by atoms with Crippen molar-refractivity contribution in [3.05, 3.63) is 35.9 Å². The van der Waals surface area contributed by atoms with Crippen molar-refractivity contribution in [2.45, 2.75) is 58.3 Å². The first-order valence-electron chi connectivity index (χ1n) is 8.61. The van der Waals surface area contributed by atoms with E-state index in [1.807, 2.05) is 32.3 Å². The first-order chi connectivity index (χ1) is 10.6. The first-order valence-corrected chi connectivity index (χ1v) is 8.61. The van der Waals surface area contributed by atoms with Crippen molar-refractivity contribution < 1.29 is 4.79 Å². The number of carbonyl (C=O) groups excluding carboxylic acids is 1. The SMILES string of the molecule is CCCCCCCCCC(=O)/C=C/c1ccc(N(C)C)cc1. The third kappa shape index (κ3) is 8.02. The van der Waals surface area contributed by atoms with Crippen molar-refractivity contribution in [2.75, 3.05) is 19.0 Å². The molecule has 0 spiro atoms. The van der Waals surface area contributed by atoms with Gasteiger partial charge in [-0.1, -0.05) is 63.7 Å². The molecule has 122 valence electrons. The lowest BCUT2D eigenvalue weighted by molar-refractivity contribution is -0.114. The fourth-order valence-electron chi connectivity index (χ4n) is 2.41. The molecule has 0 radical (unpaired) electrons. The van der Waals surface area contributed by atoms with E-state index in [0.29, 0.717) is 6.42 Å². The molecule has 0 aliphatic heterocycles. The average molecular weight is 301 g/mol. The first kappa shape index (κ1) is 18.5. The van der Waals surface area contributed by atoms with Crippen molar-refractivity contribution in [1.29, 1.82) is 0 Å². The van der Waals surface area contributed by atoms with Crippen molar-refractivity contribution in [3.63, 3.8) is 0 Å². The van der Waals surface area contributed by atoms with E-state index in [-0.39, 0.29) is 5.78 Å². The van der Waals surface area contributed by atoms with Crippen LogP contribution in [-0.2, 0) is 4.79 Å². The third-order valence-corrected chi connectivity index (χ3v) is 3.90. The summed E-state index contributed by atoms with van der Waals surface area (Å²) in [7, 11) is 4.05. The molecule has 0 aromatic heterocycles. The number of allylic oxidation sites excluding steroid dienone is 1. The summed E-state index contributed by atoms with van der Waals surface area (Å²) in [6.07, 6.45) is 13.1. The van der Waals surface area contributed by atoms with Crippen LogP contribution in [0.1, 0.15) is 63.9 Å². The average Bonchev–Trinajstić information content (AvgIpc) is 2.52. The van der Waals surface area contributed by atoms with Gasteiger partial charge < -0.3 is 4.90 Å². The number of nitrogens with zero attached hydrogens (tertiary/aromatic N) is 1. The van der Waals surface area contributed by atoms with E-state index in [1.165, 1.54) is 44.2 Å². The maximum atomic E-state index is 11.8. The highest BCUT2D eigenvalue weighted by atomic mass is 16.1. The van der Waals surface area contributed by atoms with Gasteiger partial charge in [0.15, 0.2) is 5.78 Å². The van der Waals surface area contributed by atoms with E-state index < -0.39 is 0 Å². The highest BCUT2D eigenvalue weighted by molar-refractivity contribution is 5.93. The van der Waals surface area contributed by atoms with Gasteiger partial charge in [-0.25, -0.2) is 0 Å². The van der Waals surface area contributed by atoms with Crippen LogP contribution in [0.4, 0.5) is 5.69 Å². The highest BCUT2D eigenvalue weighted by Crippen LogP contribution is 2.13. The van der Waals surface area contributed by atoms with E-state index in [0.717, 1.165) is 12.0 Å². The standard InChI is InChI=1S/C20H31NO/c1-4-5-6-7-8-9-10-11-20(22)17-14-18-12-15-19(16-13-18)21(2)3/h12-17H,4-11H2,1-3H3/b17-14+. The molecular weight excluding hydrogens is 270 g/mol. The molecule has 0 atom stereocenters. The molecule has 0 unspecified atom stereocenters. The van der Waals surface area contributed by atoms with Gasteiger partial charge in [-0.2, -0.15) is 0 Å². The Hall–Kier alpha value is -1.57. The summed E-state index contributed by atoms with van der Waals surface area (Å²) in [6, 6.07) is 8.24. The van der Waals surface area contributed by atoms with Crippen LogP contribution in [0.5, 0.6) is 0 Å². The van der Waals surface area contributed by atoms with Crippen LogP contribution in [0, 0.1) is 0 Å². The van der Waals surface area contributed by atoms with Gasteiger partial charge in [0.05, 0.1) is 0 Å². The topological polar surface area (TPSA) is 20.3 Å². The Balaban J connectivity index is 2.21. The molecule has 0 aliphatic carbocycles. The molecule has 0 aliphatic rings. The maximum Gasteiger partial charge on any atom is 0.155 e. The molecule has 2 heteroatoms. The van der Waals surface area contributed by atoms with Gasteiger partial charge in [-0.05, 0) is 30.2 Å². The van der Waals surface area contributed by atoms with Gasteiger partial charge in [-0.3, -0.25) is 4.79 Å². The Morgan fingerprint density at radius 3 is 2.14 bits per heavy atom. The number of ketones is 1. The summed E-state index contributed by atoms with van der Waals surface area (Å²) in [5, 5.41) is 0. The lowest BCUT2D eigenvalue weighted by Crippen LogP contribution is -2.07. The quantitative estimate of drug-likeness (QED) is 0.398. The Bertz CT molecular complexity index is 445. The number of unbranched alkanes of at least 4 members (excludes halogenated alkanes) is 6. The van der Waals surface area contributed by atoms with Crippen molar-refractivity contribution in [3.8, 4) is 0 Å². The number of carbonyl (C=O) groups is 1. The zero-order chi connectivity index (χ0) is 16.2. The third-order valence-electron chi connectivity index (χ3n) is 3.90. The normalized spacial score (nSPS) is 11.0. The smallest absolute Gasteiger partial charge is 0.155 e. The fourth-order valence-corrected chi connectivity index (χ4v) is 2.41. The van der Waals surface area contributed by atoms with E-state index in [9.17, 15) is 4.79 Å². The molecule has 0 amide bonds. The molecule has 0 fully saturated rings. The Labute approximate surface area is 136 Å². The van der Waals surface area contributed by atoms with Crippen molar-refractivity contribution in [1.82, 2.24) is 0 Å². The van der Waals surface area contributed by atoms with Gasteiger partial charge in [-0.15, -0.1) is 0 Å². The summed E-state index contributed by atoms with van der Waals surface area (Å²) >= 11 is 0. The number of anilines is 1. The zero-order valence-electron chi connectivity index (χ0n) is 14.5. The van der Waals surface area contributed by atoms with Crippen LogP contribution in [-0.4, -0.2) is 19.9 Å². The predicted octanol–water partition coefficient (Wildman–Crippen LogP) is 5.48. The Morgan fingerprint density at radius 2 is 1.55 bits per heavy atom. The molecule has 22 heavy (non-hydrogen) atoms. The van der Waals surface area contributed by atoms with E-state index in [1.54, 1.807) is 6.08 Å². The van der Waals surface area contributed by atoms with Crippen LogP contribution in [0.15, 0.2) is 30.3 Å². The van der Waals surface area contributed by atoms with Gasteiger partial charge in [0.1, 0.15) is 0 Å². The molecular formula is C20H31NO. The van der Waals surface area contributed by atoms with Gasteiger partial charge in [0.25, 0.3) is 0 Å². The maximum absolute atomic E-state index is 11.8. The van der Waals surface area contributed by atoms with E-state index >= 15 is 0 Å². The van der Waals surface area contributed by atoms with Gasteiger partial charge >= 0.3 is 0 Å². The van der Waals surface area contributed by atoms with Crippen LogP contribution in [0.25, 0.3) is 6.08 Å². The highest BCUT2D eigenvalue weighted by Gasteiger charge is 1.98. The number of benzene rings is 1. The van der Waals surface area contributed by atoms with Crippen molar-refractivity contribution >= 4 is 17.5 Å². The summed E-state index contributed by atoms with van der Waals surface area (Å²) in [6.45, 7) is 2.24. The molecule has 1 aromatic carbocycles. The lowest BCUT2D eigenvalue weighted by Gasteiger charge is -2.11. The largest absolute Gasteiger partial charge is 0.378 e. The summed E-state index contributed by atoms with van der Waals surface area (Å²) in [5.41, 5.74) is 2.25. The number of rotatable bonds is 11. The van der Waals surface area contributed by atoms with Crippen LogP contribution in [0.3, 0.4) is 0 Å². The van der Waals surface area contributed by atoms with Crippen LogP contribution in [0.2, 0.25) is 0 Å². The van der Waals surface area contributed by atoms with Gasteiger partial charge in [0, 0.05) is 26.2 Å². The molecule has 1 aromatic rings. The summed E-state index contributed by atoms with van der Waals surface area (Å²) in [4.78, 5) is 13.9. The monoisotopic (exact) mass is 301 g/mol. The summed E-state index contributed by atoms with van der Waals surface area (Å²) < 4.78 is 0. The Morgan fingerprint density at radius 1 is 0.955 bits per heavy atom. The second-order valence-electron chi connectivity index (χ2n) is 6.16. The molecule has 0 bridgehead atoms. The molecule has 0 saturated carbocycles. The molecule has 0 N–H and O–H groups in total. The van der Waals surface area contributed by atoms with Gasteiger partial charge in [0.2, 0.25) is 0 Å². The van der Waals surface area contributed by atoms with Crippen molar-refractivity contribution in [2.24, 2.45) is 0 Å². The van der Waals surface area contributed by atoms with Crippen LogP contribution < -0.4 is 4.90 Å². The number of hydrogen-bond donors (Lipinski definition) is 0. The zero-order valence-corrected chi connectivity index (χ0v) is 14.5. The lowest BCUT2D eigenvalue weighted by atomic mass is 10.1. The predicted molar refractivity (Wildman–Crippen MR) is 97.4 cm³/mol. The fraction of sp³-hybridized carbons (Fsp3) is 0.550. The summed E-state index contributed by atoms with van der Waals surface area (Å²) in [5.74, 6) is 0.241. The molecule has 2 nitrogen and oxygen atoms in total. The molecule has 0 saturated heterocycles. The molecule has 1 rings (SSSR count). The second kappa shape index (κ2) is 11.1. The Kier molecular flexibility index (Phi) is 9.29. The minimum atomic E-state index is 0.241. The second-order valence-corrected chi connectivity index (χ2v) is 6.16. The minimum Gasteiger partial charge on any atom is -0.378 e. The van der Waals surface area contributed by atoms with E-state index in [2.05, 4.69) is 24.0 Å². The minimum absolute atomic E-state index is 0.241. The number of hydrogen-bond acceptors (Lipinski definition) is 2. The molecule has 0 heterocycles.